The maximum atomic E-state index is 13.0. The van der Waals surface area contributed by atoms with Gasteiger partial charge < -0.3 is 219 Å². The Morgan fingerprint density at radius 2 is 0.564 bits per heavy atom. The van der Waals surface area contributed by atoms with Gasteiger partial charge in [0.15, 0.2) is 56.6 Å². The van der Waals surface area contributed by atoms with Crippen molar-refractivity contribution in [1.82, 2.24) is 21.3 Å². The smallest absolute Gasteiger partial charge is 0.217 e. The van der Waals surface area contributed by atoms with Crippen molar-refractivity contribution >= 4 is 23.6 Å². The Labute approximate surface area is 623 Å². The van der Waals surface area contributed by atoms with Gasteiger partial charge in [0, 0.05) is 27.7 Å². The summed E-state index contributed by atoms with van der Waals surface area (Å²) in [6.45, 7) is -2.93. The van der Waals surface area contributed by atoms with Gasteiger partial charge in [0.2, 0.25) is 23.6 Å². The molecule has 19 unspecified atom stereocenters. The van der Waals surface area contributed by atoms with Crippen molar-refractivity contribution in [2.45, 2.75) is 311 Å². The Balaban J connectivity index is 0.968. The Kier molecular flexibility index (Phi) is 30.7. The lowest BCUT2D eigenvalue weighted by atomic mass is 9.92. The van der Waals surface area contributed by atoms with Crippen LogP contribution in [0.2, 0.25) is 0 Å². The lowest BCUT2D eigenvalue weighted by Crippen LogP contribution is -2.70. The second-order valence-electron chi connectivity index (χ2n) is 28.2. The molecule has 0 aromatic carbocycles. The maximum Gasteiger partial charge on any atom is 0.217 e. The maximum absolute atomic E-state index is 13.0. The zero-order valence-corrected chi connectivity index (χ0v) is 59.5. The lowest BCUT2D eigenvalue weighted by Gasteiger charge is -2.51. The predicted octanol–water partition coefficient (Wildman–Crippen LogP) is -18.0. The topological polar surface area (TPSA) is 731 Å². The van der Waals surface area contributed by atoms with Crippen LogP contribution in [0, 0.1) is 0 Å². The number of epoxide rings is 1. The summed E-state index contributed by atoms with van der Waals surface area (Å²) in [5.74, 6) is -3.32. The van der Waals surface area contributed by atoms with E-state index in [9.17, 15) is 132 Å². The first-order valence-corrected chi connectivity index (χ1v) is 35.4. The molecule has 0 spiro atoms. The first kappa shape index (κ1) is 88.6. The van der Waals surface area contributed by atoms with Gasteiger partial charge in [0.1, 0.15) is 207 Å². The first-order valence-electron chi connectivity index (χ1n) is 35.4. The number of hydrogen-bond acceptors (Lipinski definition) is 44. The molecule has 48 heteroatoms. The van der Waals surface area contributed by atoms with E-state index in [2.05, 4.69) is 21.3 Å². The Morgan fingerprint density at radius 1 is 0.264 bits per heavy atom. The number of nitrogens with one attached hydrogen (secondary N) is 4. The molecule has 110 heavy (non-hydrogen) atoms. The summed E-state index contributed by atoms with van der Waals surface area (Å²) in [7, 11) is 0. The molecule has 0 aliphatic carbocycles. The summed E-state index contributed by atoms with van der Waals surface area (Å²) in [5, 5.41) is 256. The van der Waals surface area contributed by atoms with E-state index in [0.717, 1.165) is 27.7 Å². The van der Waals surface area contributed by atoms with Crippen LogP contribution in [0.1, 0.15) is 34.6 Å². The van der Waals surface area contributed by atoms with E-state index < -0.39 is 353 Å². The molecular weight excluding hydrogens is 1500 g/mol. The summed E-state index contributed by atoms with van der Waals surface area (Å²) in [5.41, 5.74) is 0. The Bertz CT molecular complexity index is 2970. The van der Waals surface area contributed by atoms with Crippen LogP contribution in [0.5, 0.6) is 0 Å². The van der Waals surface area contributed by atoms with Gasteiger partial charge in [0.25, 0.3) is 0 Å². The van der Waals surface area contributed by atoms with Crippen LogP contribution in [0.25, 0.3) is 0 Å². The van der Waals surface area contributed by atoms with Crippen molar-refractivity contribution < 1.29 is 217 Å². The molecule has 0 saturated carbocycles. The summed E-state index contributed by atoms with van der Waals surface area (Å²) in [6, 6.07) is -6.77. The molecule has 10 saturated heterocycles. The van der Waals surface area contributed by atoms with E-state index in [-0.39, 0.29) is 0 Å². The van der Waals surface area contributed by atoms with Crippen LogP contribution in [0.4, 0.5) is 0 Å². The van der Waals surface area contributed by atoms with Crippen LogP contribution in [0.3, 0.4) is 0 Å². The van der Waals surface area contributed by atoms with E-state index >= 15 is 0 Å². The number of aliphatic hydroxyl groups excluding tert-OH is 22. The molecule has 4 amide bonds. The van der Waals surface area contributed by atoms with Crippen molar-refractivity contribution in [2.75, 3.05) is 52.9 Å². The van der Waals surface area contributed by atoms with Gasteiger partial charge in [-0.1, -0.05) is 0 Å². The van der Waals surface area contributed by atoms with E-state index in [0.29, 0.717) is 0 Å². The number of carbonyl (C=O) groups is 4. The SMILES string of the molecule is CC(=O)NC1C(O)[C@H](O[C@@H]2OC(CO)[C@H](O)[C@H](O)C2O)[C@H](CO)O[C@H]1OC1[C@@H](OCC2O[C@@H](O[C@@H]3C(CO)O[C@@H](O[C@@H]4C(CO)O[C@@H](C)C(NC(C)=O)[C@H]4O)C(NC(C)=O)[C@H]3O)C(O)[C@@H](O[C@H]3OC(CO)[C@@H](O)C(O)C3O[C@@H]3OC(CO)[C@@H](O[C@@H]4OC5O[C@@H]5[C@H](O)C4O)[C@H](O)C3NC(C)=O)[C@@H]2O)OC(CO)[C@@H](O)[C@@H]1O. The number of aliphatic hydroxyl groups is 22. The van der Waals surface area contributed by atoms with Crippen molar-refractivity contribution in [3.8, 4) is 0 Å². The number of amides is 4. The molecule has 0 radical (unpaired) electrons. The van der Waals surface area contributed by atoms with Crippen LogP contribution < -0.4 is 21.3 Å². The molecule has 10 aliphatic heterocycles. The number of ether oxygens (including phenoxy) is 18. The highest BCUT2D eigenvalue weighted by Crippen LogP contribution is 2.42. The zero-order chi connectivity index (χ0) is 80.5. The fourth-order valence-corrected chi connectivity index (χ4v) is 14.7. The average Bonchev–Trinajstić information content (AvgIpc) is 1.21. The third-order valence-electron chi connectivity index (χ3n) is 20.5. The quantitative estimate of drug-likeness (QED) is 0.0324. The third kappa shape index (κ3) is 19.1. The van der Waals surface area contributed by atoms with Gasteiger partial charge >= 0.3 is 0 Å². The molecular formula is C62H102N4O44. The predicted molar refractivity (Wildman–Crippen MR) is 339 cm³/mol. The number of rotatable bonds is 28. The second kappa shape index (κ2) is 38.1. The van der Waals surface area contributed by atoms with Crippen LogP contribution in [-0.2, 0) is 104 Å². The Hall–Kier alpha value is -3.72. The zero-order valence-electron chi connectivity index (χ0n) is 59.5. The number of carbonyl (C=O) groups excluding carboxylic acids is 4. The summed E-state index contributed by atoms with van der Waals surface area (Å²) in [6.07, 6.45) is -79.4. The largest absolute Gasteiger partial charge is 0.394 e. The molecule has 26 N–H and O–H groups in total. The van der Waals surface area contributed by atoms with E-state index in [1.54, 1.807) is 0 Å². The molecule has 10 aliphatic rings. The minimum absolute atomic E-state index is 0.619. The molecule has 45 atom stereocenters. The molecule has 634 valence electrons. The second-order valence-corrected chi connectivity index (χ2v) is 28.2. The van der Waals surface area contributed by atoms with Gasteiger partial charge in [-0.2, -0.15) is 0 Å². The highest BCUT2D eigenvalue weighted by molar-refractivity contribution is 5.74. The van der Waals surface area contributed by atoms with E-state index in [4.69, 9.17) is 85.3 Å². The molecule has 0 bridgehead atoms. The molecule has 10 heterocycles. The molecule has 0 aromatic heterocycles. The lowest BCUT2D eigenvalue weighted by molar-refractivity contribution is -0.398. The minimum Gasteiger partial charge on any atom is -0.394 e. The van der Waals surface area contributed by atoms with Gasteiger partial charge in [-0.25, -0.2) is 0 Å². The highest BCUT2D eigenvalue weighted by Gasteiger charge is 2.62. The van der Waals surface area contributed by atoms with Crippen LogP contribution in [-0.4, -0.2) is 465 Å². The van der Waals surface area contributed by atoms with E-state index in [1.807, 2.05) is 0 Å². The molecule has 48 nitrogen and oxygen atoms in total. The average molecular weight is 1610 g/mol. The molecule has 10 rings (SSSR count). The van der Waals surface area contributed by atoms with Crippen LogP contribution >= 0.6 is 0 Å². The van der Waals surface area contributed by atoms with Gasteiger partial charge in [-0.15, -0.1) is 0 Å². The fourth-order valence-electron chi connectivity index (χ4n) is 14.7. The standard InChI is InChI=1S/C62H102N4O44/c1-14-27(63-15(2)74)35(82)46(22(9-70)94-14)102-54-28(64-16(3)75)36(83)49(25(12-73)98-54)105-59-45(92)50(106-61-52(41(88)33(80)21(8-69)97-61)108-56-30(66-18(5)77)38(85)48(24(11-72)100-56)104-58-44(91)42(89)53-62(109-53)110-58)34(81)26(101-59)13-93-60-51(40(87)32(79)20(7-68)96-60)107-55-29(65-17(4)76)37(84)47(23(10-71)99-55)103-57-43(90)39(86)31(78)19(6-67)95-57/h14,19-62,67-73,78-92H,6-13H2,1-5H3,(H,63,74)(H,64,75)(H,65,76)(H,66,77)/t14-,19?,20?,21?,22?,23-,24?,25?,26?,27?,28?,29?,30?,31-,32+,33+,34+,35+,36+,37?,38+,39-,40-,41?,42+,43?,44?,45?,46+,47+,48+,49+,50-,51?,52?,53+,54-,55-,56-,57-,58+,59-,60-,61+,62?/m0/s1. The normalized spacial score (nSPS) is 49.9. The van der Waals surface area contributed by atoms with Crippen molar-refractivity contribution in [1.29, 1.82) is 0 Å². The fraction of sp³-hybridized carbons (Fsp3) is 0.935. The number of fused-ring (bicyclic) bond motifs is 1. The monoisotopic (exact) mass is 1610 g/mol. The summed E-state index contributed by atoms with van der Waals surface area (Å²) < 4.78 is 107. The van der Waals surface area contributed by atoms with Crippen molar-refractivity contribution in [3.63, 3.8) is 0 Å². The van der Waals surface area contributed by atoms with Gasteiger partial charge in [0.05, 0.1) is 65.0 Å². The van der Waals surface area contributed by atoms with E-state index in [1.165, 1.54) is 6.92 Å². The number of hydrogen-bond donors (Lipinski definition) is 26. The Morgan fingerprint density at radius 3 is 0.982 bits per heavy atom. The third-order valence-corrected chi connectivity index (χ3v) is 20.5. The van der Waals surface area contributed by atoms with Gasteiger partial charge in [-0.3, -0.25) is 19.2 Å². The molecule has 10 fully saturated rings. The van der Waals surface area contributed by atoms with Crippen molar-refractivity contribution in [2.24, 2.45) is 0 Å². The van der Waals surface area contributed by atoms with Crippen molar-refractivity contribution in [3.05, 3.63) is 0 Å². The minimum atomic E-state index is -2.52. The van der Waals surface area contributed by atoms with Gasteiger partial charge in [-0.05, 0) is 6.92 Å². The van der Waals surface area contributed by atoms with Crippen LogP contribution in [0.15, 0.2) is 0 Å². The summed E-state index contributed by atoms with van der Waals surface area (Å²) >= 11 is 0. The first-order chi connectivity index (χ1) is 52.1. The highest BCUT2D eigenvalue weighted by atomic mass is 16.8. The summed E-state index contributed by atoms with van der Waals surface area (Å²) in [4.78, 5) is 51.0. The molecule has 0 aromatic rings.